The van der Waals surface area contributed by atoms with Crippen molar-refractivity contribution >= 4 is 11.8 Å². The highest BCUT2D eigenvalue weighted by atomic mass is 16.5. The number of likely N-dealkylation sites (tertiary alicyclic amines) is 1. The number of hydrogen-bond acceptors (Lipinski definition) is 4. The Morgan fingerprint density at radius 1 is 1.27 bits per heavy atom. The van der Waals surface area contributed by atoms with Gasteiger partial charge in [0.15, 0.2) is 11.5 Å². The molecule has 0 aliphatic carbocycles. The summed E-state index contributed by atoms with van der Waals surface area (Å²) in [5.74, 6) is 1.24. The van der Waals surface area contributed by atoms with Crippen LogP contribution >= 0.6 is 0 Å². The third-order valence-electron chi connectivity index (χ3n) is 4.62. The van der Waals surface area contributed by atoms with E-state index < -0.39 is 0 Å². The second-order valence-electron chi connectivity index (χ2n) is 7.69. The second-order valence-corrected chi connectivity index (χ2v) is 7.69. The van der Waals surface area contributed by atoms with Crippen molar-refractivity contribution in [2.24, 2.45) is 5.92 Å². The van der Waals surface area contributed by atoms with E-state index in [0.717, 1.165) is 0 Å². The Kier molecular flexibility index (Phi) is 6.51. The van der Waals surface area contributed by atoms with Gasteiger partial charge < -0.3 is 19.3 Å². The minimum absolute atomic E-state index is 0.0300. The number of hydrogen-bond donors (Lipinski definition) is 0. The van der Waals surface area contributed by atoms with Crippen LogP contribution in [0.1, 0.15) is 33.6 Å². The minimum Gasteiger partial charge on any atom is -0.493 e. The lowest BCUT2D eigenvalue weighted by molar-refractivity contribution is -0.134. The van der Waals surface area contributed by atoms with Crippen LogP contribution in [0.5, 0.6) is 11.5 Å². The topological polar surface area (TPSA) is 59.1 Å². The Morgan fingerprint density at radius 3 is 2.50 bits per heavy atom. The zero-order chi connectivity index (χ0) is 19.3. The number of methoxy groups -OCH3 is 1. The number of para-hydroxylation sites is 2. The summed E-state index contributed by atoms with van der Waals surface area (Å²) < 4.78 is 11.0. The summed E-state index contributed by atoms with van der Waals surface area (Å²) in [6.07, 6.45) is 1.02. The molecule has 1 aliphatic rings. The first kappa shape index (κ1) is 20.1. The van der Waals surface area contributed by atoms with Gasteiger partial charge in [0.25, 0.3) is 0 Å². The van der Waals surface area contributed by atoms with E-state index in [1.54, 1.807) is 24.0 Å². The molecule has 1 heterocycles. The maximum absolute atomic E-state index is 12.6. The number of ether oxygens (including phenoxy) is 2. The Morgan fingerprint density at radius 2 is 1.92 bits per heavy atom. The van der Waals surface area contributed by atoms with Crippen LogP contribution in [0.2, 0.25) is 0 Å². The lowest BCUT2D eigenvalue weighted by Crippen LogP contribution is -2.43. The molecule has 0 unspecified atom stereocenters. The van der Waals surface area contributed by atoms with Gasteiger partial charge in [0.1, 0.15) is 0 Å². The predicted octanol–water partition coefficient (Wildman–Crippen LogP) is 2.57. The predicted molar refractivity (Wildman–Crippen MR) is 100 cm³/mol. The van der Waals surface area contributed by atoms with Crippen LogP contribution in [0.3, 0.4) is 0 Å². The van der Waals surface area contributed by atoms with Crippen molar-refractivity contribution in [3.8, 4) is 11.5 Å². The molecule has 0 N–H and O–H groups in total. The Labute approximate surface area is 156 Å². The molecule has 1 saturated heterocycles. The molecule has 0 bridgehead atoms. The zero-order valence-corrected chi connectivity index (χ0v) is 16.4. The molecule has 1 fully saturated rings. The molecule has 1 aromatic carbocycles. The Bertz CT molecular complexity index is 639. The van der Waals surface area contributed by atoms with Crippen LogP contribution in [0.25, 0.3) is 0 Å². The molecule has 0 radical (unpaired) electrons. The highest BCUT2D eigenvalue weighted by Crippen LogP contribution is 2.27. The molecule has 2 rings (SSSR count). The number of carbonyl (C=O) groups is 2. The van der Waals surface area contributed by atoms with Gasteiger partial charge in [0.2, 0.25) is 11.8 Å². The van der Waals surface area contributed by atoms with Crippen molar-refractivity contribution in [3.05, 3.63) is 24.3 Å². The molecule has 1 aliphatic heterocycles. The molecule has 0 saturated carbocycles. The maximum Gasteiger partial charge on any atom is 0.227 e. The van der Waals surface area contributed by atoms with E-state index in [0.29, 0.717) is 44.0 Å². The van der Waals surface area contributed by atoms with E-state index in [1.807, 2.05) is 45.0 Å². The molecule has 0 spiro atoms. The van der Waals surface area contributed by atoms with Crippen LogP contribution in [-0.2, 0) is 9.59 Å². The number of nitrogens with zero attached hydrogens (tertiary/aromatic N) is 2. The molecule has 1 aromatic rings. The molecule has 0 aromatic heterocycles. The summed E-state index contributed by atoms with van der Waals surface area (Å²) in [7, 11) is 3.40. The van der Waals surface area contributed by atoms with Crippen LogP contribution in [0.15, 0.2) is 24.3 Å². The van der Waals surface area contributed by atoms with Gasteiger partial charge in [-0.2, -0.15) is 0 Å². The first-order chi connectivity index (χ1) is 12.2. The van der Waals surface area contributed by atoms with Gasteiger partial charge >= 0.3 is 0 Å². The number of amides is 2. The van der Waals surface area contributed by atoms with E-state index in [1.165, 1.54) is 0 Å². The van der Waals surface area contributed by atoms with Gasteiger partial charge in [-0.1, -0.05) is 12.1 Å². The highest BCUT2D eigenvalue weighted by Gasteiger charge is 2.40. The third-order valence-corrected chi connectivity index (χ3v) is 4.62. The standard InChI is InChI=1S/C20H30N2O4/c1-20(2,3)22-14-15(13-18(22)23)19(24)21(4)11-8-12-26-17-10-7-6-9-16(17)25-5/h6-7,9-10,15H,8,11-14H2,1-5H3/t15-/m0/s1. The molecular formula is C20H30N2O4. The van der Waals surface area contributed by atoms with E-state index in [2.05, 4.69) is 0 Å². The lowest BCUT2D eigenvalue weighted by Gasteiger charge is -2.32. The number of benzene rings is 1. The van der Waals surface area contributed by atoms with Crippen molar-refractivity contribution in [2.75, 3.05) is 33.9 Å². The Balaban J connectivity index is 1.78. The highest BCUT2D eigenvalue weighted by molar-refractivity contribution is 5.89. The average molecular weight is 362 g/mol. The second kappa shape index (κ2) is 8.43. The molecule has 144 valence electrons. The van der Waals surface area contributed by atoms with Crippen molar-refractivity contribution in [1.29, 1.82) is 0 Å². The summed E-state index contributed by atoms with van der Waals surface area (Å²) in [5, 5.41) is 0. The maximum atomic E-state index is 12.6. The van der Waals surface area contributed by atoms with Crippen LogP contribution in [0.4, 0.5) is 0 Å². The summed E-state index contributed by atoms with van der Waals surface area (Å²) >= 11 is 0. The molecule has 6 nitrogen and oxygen atoms in total. The first-order valence-corrected chi connectivity index (χ1v) is 9.05. The average Bonchev–Trinajstić information content (AvgIpc) is 3.00. The monoisotopic (exact) mass is 362 g/mol. The molecule has 26 heavy (non-hydrogen) atoms. The van der Waals surface area contributed by atoms with Crippen molar-refractivity contribution in [2.45, 2.75) is 39.2 Å². The molecule has 2 amide bonds. The van der Waals surface area contributed by atoms with Crippen LogP contribution < -0.4 is 9.47 Å². The third kappa shape index (κ3) is 4.90. The molecular weight excluding hydrogens is 332 g/mol. The zero-order valence-electron chi connectivity index (χ0n) is 16.4. The van der Waals surface area contributed by atoms with E-state index in [9.17, 15) is 9.59 Å². The lowest BCUT2D eigenvalue weighted by atomic mass is 10.1. The summed E-state index contributed by atoms with van der Waals surface area (Å²) in [5.41, 5.74) is -0.243. The fourth-order valence-corrected chi connectivity index (χ4v) is 3.16. The van der Waals surface area contributed by atoms with Crippen molar-refractivity contribution < 1.29 is 19.1 Å². The summed E-state index contributed by atoms with van der Waals surface area (Å²) in [4.78, 5) is 28.3. The van der Waals surface area contributed by atoms with Crippen LogP contribution in [-0.4, -0.2) is 61.0 Å². The largest absolute Gasteiger partial charge is 0.493 e. The summed E-state index contributed by atoms with van der Waals surface area (Å²) in [6, 6.07) is 7.50. The number of rotatable bonds is 7. The molecule has 6 heteroatoms. The fraction of sp³-hybridized carbons (Fsp3) is 0.600. The smallest absolute Gasteiger partial charge is 0.227 e. The van der Waals surface area contributed by atoms with Gasteiger partial charge in [0, 0.05) is 32.1 Å². The number of carbonyl (C=O) groups excluding carboxylic acids is 2. The SMILES string of the molecule is COc1ccccc1OCCCN(C)C(=O)[C@H]1CC(=O)N(C(C)(C)C)C1. The van der Waals surface area contributed by atoms with Gasteiger partial charge in [0.05, 0.1) is 19.6 Å². The Hall–Kier alpha value is -2.24. The fourth-order valence-electron chi connectivity index (χ4n) is 3.16. The van der Waals surface area contributed by atoms with Crippen LogP contribution in [0, 0.1) is 5.92 Å². The van der Waals surface area contributed by atoms with E-state index >= 15 is 0 Å². The normalized spacial score (nSPS) is 17.3. The van der Waals surface area contributed by atoms with E-state index in [4.69, 9.17) is 9.47 Å². The van der Waals surface area contributed by atoms with Crippen molar-refractivity contribution in [3.63, 3.8) is 0 Å². The van der Waals surface area contributed by atoms with Gasteiger partial charge in [-0.15, -0.1) is 0 Å². The van der Waals surface area contributed by atoms with E-state index in [-0.39, 0.29) is 23.3 Å². The minimum atomic E-state index is -0.248. The molecule has 1 atom stereocenters. The first-order valence-electron chi connectivity index (χ1n) is 9.05. The quantitative estimate of drug-likeness (QED) is 0.700. The van der Waals surface area contributed by atoms with Gasteiger partial charge in [-0.25, -0.2) is 0 Å². The van der Waals surface area contributed by atoms with Crippen molar-refractivity contribution in [1.82, 2.24) is 9.80 Å². The van der Waals surface area contributed by atoms with Gasteiger partial charge in [-0.05, 0) is 39.3 Å². The van der Waals surface area contributed by atoms with Gasteiger partial charge in [-0.3, -0.25) is 9.59 Å². The summed E-state index contributed by atoms with van der Waals surface area (Å²) in [6.45, 7) is 7.58.